The first-order valence-electron chi connectivity index (χ1n) is 5.90. The molecule has 1 heterocycles. The summed E-state index contributed by atoms with van der Waals surface area (Å²) in [5, 5.41) is 3.60. The number of aryl methyl sites for hydroxylation is 1. The summed E-state index contributed by atoms with van der Waals surface area (Å²) in [6.45, 7) is 5.40. The highest BCUT2D eigenvalue weighted by Crippen LogP contribution is 2.29. The third-order valence-electron chi connectivity index (χ3n) is 3.62. The summed E-state index contributed by atoms with van der Waals surface area (Å²) in [7, 11) is 0. The zero-order valence-corrected chi connectivity index (χ0v) is 9.66. The van der Waals surface area contributed by atoms with Gasteiger partial charge in [0.25, 0.3) is 0 Å². The molecule has 1 saturated carbocycles. The van der Waals surface area contributed by atoms with Gasteiger partial charge >= 0.3 is 0 Å². The summed E-state index contributed by atoms with van der Waals surface area (Å²) in [4.78, 5) is 4.16. The van der Waals surface area contributed by atoms with E-state index in [-0.39, 0.29) is 0 Å². The normalized spacial score (nSPS) is 18.5. The van der Waals surface area contributed by atoms with Crippen molar-refractivity contribution in [3.63, 3.8) is 0 Å². The van der Waals surface area contributed by atoms with Crippen molar-refractivity contribution in [2.75, 3.05) is 0 Å². The predicted octanol–water partition coefficient (Wildman–Crippen LogP) is 2.67. The molecule has 1 N–H and O–H groups in total. The van der Waals surface area contributed by atoms with Crippen molar-refractivity contribution in [1.29, 1.82) is 0 Å². The number of nitrogens with one attached hydrogen (secondary N) is 1. The molecule has 1 atom stereocenters. The molecule has 2 rings (SSSR count). The Morgan fingerprint density at radius 3 is 2.93 bits per heavy atom. The molecule has 1 fully saturated rings. The van der Waals surface area contributed by atoms with Gasteiger partial charge in [0.2, 0.25) is 0 Å². The van der Waals surface area contributed by atoms with Crippen molar-refractivity contribution < 1.29 is 0 Å². The molecular weight excluding hydrogens is 184 g/mol. The lowest BCUT2D eigenvalue weighted by atomic mass is 9.80. The van der Waals surface area contributed by atoms with Crippen LogP contribution in [0.2, 0.25) is 0 Å². The fourth-order valence-electron chi connectivity index (χ4n) is 2.06. The third-order valence-corrected chi connectivity index (χ3v) is 3.62. The van der Waals surface area contributed by atoms with Gasteiger partial charge in [0.15, 0.2) is 0 Å². The summed E-state index contributed by atoms with van der Waals surface area (Å²) < 4.78 is 0. The van der Waals surface area contributed by atoms with E-state index in [4.69, 9.17) is 0 Å². The van der Waals surface area contributed by atoms with E-state index in [0.717, 1.165) is 12.5 Å². The van der Waals surface area contributed by atoms with E-state index in [9.17, 15) is 0 Å². The molecular formula is C13H20N2. The van der Waals surface area contributed by atoms with Crippen molar-refractivity contribution in [3.8, 4) is 0 Å². The highest BCUT2D eigenvalue weighted by atomic mass is 14.9. The number of pyridine rings is 1. The highest BCUT2D eigenvalue weighted by molar-refractivity contribution is 5.21. The van der Waals surface area contributed by atoms with E-state index in [1.165, 1.54) is 30.4 Å². The van der Waals surface area contributed by atoms with Gasteiger partial charge in [-0.3, -0.25) is 4.98 Å². The van der Waals surface area contributed by atoms with Gasteiger partial charge in [0.05, 0.1) is 0 Å². The summed E-state index contributed by atoms with van der Waals surface area (Å²) in [5.74, 6) is 0.905. The lowest BCUT2D eigenvalue weighted by Crippen LogP contribution is -2.36. The first-order chi connectivity index (χ1) is 7.27. The molecule has 0 saturated heterocycles. The lowest BCUT2D eigenvalue weighted by molar-refractivity contribution is 0.240. The fraction of sp³-hybridized carbons (Fsp3) is 0.615. The van der Waals surface area contributed by atoms with Crippen LogP contribution in [0.4, 0.5) is 0 Å². The third kappa shape index (κ3) is 2.57. The Hall–Kier alpha value is -0.890. The molecule has 0 aliphatic heterocycles. The van der Waals surface area contributed by atoms with Crippen molar-refractivity contribution in [2.45, 2.75) is 45.7 Å². The molecule has 1 unspecified atom stereocenters. The van der Waals surface area contributed by atoms with Crippen LogP contribution in [0.25, 0.3) is 0 Å². The first-order valence-corrected chi connectivity index (χ1v) is 5.90. The molecule has 1 aliphatic carbocycles. The minimum absolute atomic E-state index is 0.651. The van der Waals surface area contributed by atoms with E-state index in [1.807, 2.05) is 12.4 Å². The standard InChI is InChI=1S/C13H20N2/c1-10-6-7-14-8-13(10)9-15-11(2)12-4-3-5-12/h6-8,11-12,15H,3-5,9H2,1-2H3. The number of hydrogen-bond donors (Lipinski definition) is 1. The Labute approximate surface area is 92.1 Å². The van der Waals surface area contributed by atoms with Gasteiger partial charge in [-0.15, -0.1) is 0 Å². The van der Waals surface area contributed by atoms with Gasteiger partial charge < -0.3 is 5.32 Å². The quantitative estimate of drug-likeness (QED) is 0.815. The Balaban J connectivity index is 1.84. The van der Waals surface area contributed by atoms with Crippen LogP contribution in [-0.4, -0.2) is 11.0 Å². The number of aromatic nitrogens is 1. The second-order valence-electron chi connectivity index (χ2n) is 4.66. The SMILES string of the molecule is Cc1ccncc1CNC(C)C1CCC1. The van der Waals surface area contributed by atoms with E-state index in [1.54, 1.807) is 0 Å². The van der Waals surface area contributed by atoms with Crippen molar-refractivity contribution in [1.82, 2.24) is 10.3 Å². The molecule has 0 bridgehead atoms. The second kappa shape index (κ2) is 4.75. The van der Waals surface area contributed by atoms with E-state index in [0.29, 0.717) is 6.04 Å². The van der Waals surface area contributed by atoms with Crippen LogP contribution in [0.1, 0.15) is 37.3 Å². The van der Waals surface area contributed by atoms with Crippen LogP contribution in [0, 0.1) is 12.8 Å². The first kappa shape index (κ1) is 10.6. The largest absolute Gasteiger partial charge is 0.310 e. The Kier molecular flexibility index (Phi) is 3.37. The lowest BCUT2D eigenvalue weighted by Gasteiger charge is -2.32. The molecule has 1 aromatic rings. The van der Waals surface area contributed by atoms with Crippen LogP contribution >= 0.6 is 0 Å². The summed E-state index contributed by atoms with van der Waals surface area (Å²) >= 11 is 0. The van der Waals surface area contributed by atoms with Gasteiger partial charge in [0, 0.05) is 25.0 Å². The molecule has 2 heteroatoms. The maximum atomic E-state index is 4.16. The maximum absolute atomic E-state index is 4.16. The maximum Gasteiger partial charge on any atom is 0.0315 e. The summed E-state index contributed by atoms with van der Waals surface area (Å²) in [6.07, 6.45) is 8.05. The van der Waals surface area contributed by atoms with Crippen molar-refractivity contribution in [2.24, 2.45) is 5.92 Å². The molecule has 0 radical (unpaired) electrons. The zero-order valence-electron chi connectivity index (χ0n) is 9.66. The average molecular weight is 204 g/mol. The molecule has 1 aromatic heterocycles. The van der Waals surface area contributed by atoms with Crippen LogP contribution in [-0.2, 0) is 6.54 Å². The monoisotopic (exact) mass is 204 g/mol. The smallest absolute Gasteiger partial charge is 0.0315 e. The van der Waals surface area contributed by atoms with Crippen LogP contribution in [0.5, 0.6) is 0 Å². The van der Waals surface area contributed by atoms with Gasteiger partial charge in [-0.1, -0.05) is 6.42 Å². The molecule has 15 heavy (non-hydrogen) atoms. The summed E-state index contributed by atoms with van der Waals surface area (Å²) in [6, 6.07) is 2.73. The van der Waals surface area contributed by atoms with E-state index in [2.05, 4.69) is 30.2 Å². The fourth-order valence-corrected chi connectivity index (χ4v) is 2.06. The van der Waals surface area contributed by atoms with Crippen LogP contribution < -0.4 is 5.32 Å². The number of hydrogen-bond acceptors (Lipinski definition) is 2. The van der Waals surface area contributed by atoms with Gasteiger partial charge in [0.1, 0.15) is 0 Å². The van der Waals surface area contributed by atoms with Gasteiger partial charge in [-0.05, 0) is 49.8 Å². The van der Waals surface area contributed by atoms with Crippen molar-refractivity contribution in [3.05, 3.63) is 29.6 Å². The Bertz CT molecular complexity index is 318. The van der Waals surface area contributed by atoms with Gasteiger partial charge in [-0.25, -0.2) is 0 Å². The Morgan fingerprint density at radius 1 is 1.53 bits per heavy atom. The number of nitrogens with zero attached hydrogens (tertiary/aromatic N) is 1. The average Bonchev–Trinajstić information content (AvgIpc) is 2.14. The molecule has 0 aromatic carbocycles. The van der Waals surface area contributed by atoms with E-state index < -0.39 is 0 Å². The minimum atomic E-state index is 0.651. The number of rotatable bonds is 4. The zero-order chi connectivity index (χ0) is 10.7. The minimum Gasteiger partial charge on any atom is -0.310 e. The predicted molar refractivity (Wildman–Crippen MR) is 62.6 cm³/mol. The van der Waals surface area contributed by atoms with Crippen molar-refractivity contribution >= 4 is 0 Å². The Morgan fingerprint density at radius 2 is 2.33 bits per heavy atom. The molecule has 0 amide bonds. The second-order valence-corrected chi connectivity index (χ2v) is 4.66. The molecule has 0 spiro atoms. The molecule has 82 valence electrons. The van der Waals surface area contributed by atoms with Crippen LogP contribution in [0.15, 0.2) is 18.5 Å². The topological polar surface area (TPSA) is 24.9 Å². The molecule has 1 aliphatic rings. The van der Waals surface area contributed by atoms with E-state index >= 15 is 0 Å². The summed E-state index contributed by atoms with van der Waals surface area (Å²) in [5.41, 5.74) is 2.65. The van der Waals surface area contributed by atoms with Crippen LogP contribution in [0.3, 0.4) is 0 Å². The molecule has 2 nitrogen and oxygen atoms in total. The van der Waals surface area contributed by atoms with Gasteiger partial charge in [-0.2, -0.15) is 0 Å². The highest BCUT2D eigenvalue weighted by Gasteiger charge is 2.23.